The van der Waals surface area contributed by atoms with Crippen LogP contribution < -0.4 is 5.32 Å². The van der Waals surface area contributed by atoms with Crippen LogP contribution in [0.25, 0.3) is 0 Å². The third-order valence-corrected chi connectivity index (χ3v) is 2.82. The zero-order valence-electron chi connectivity index (χ0n) is 8.56. The third-order valence-electron chi connectivity index (χ3n) is 1.90. The van der Waals surface area contributed by atoms with Crippen molar-refractivity contribution in [2.24, 2.45) is 7.05 Å². The fourth-order valence-electron chi connectivity index (χ4n) is 1.05. The molecule has 0 unspecified atom stereocenters. The van der Waals surface area contributed by atoms with Crippen molar-refractivity contribution in [3.8, 4) is 0 Å². The highest BCUT2D eigenvalue weighted by atomic mass is 32.1. The van der Waals surface area contributed by atoms with Gasteiger partial charge in [-0.1, -0.05) is 16.6 Å². The molecule has 0 aliphatic carbocycles. The first-order valence-electron chi connectivity index (χ1n) is 4.45. The summed E-state index contributed by atoms with van der Waals surface area (Å²) in [6.45, 7) is 0.288. The molecule has 10 heteroatoms. The first kappa shape index (κ1) is 11.8. The lowest BCUT2D eigenvalue weighted by molar-refractivity contribution is -0.138. The molecule has 0 aliphatic heterocycles. The topological polar surface area (TPSA) is 68.5 Å². The van der Waals surface area contributed by atoms with Crippen molar-refractivity contribution in [1.29, 1.82) is 0 Å². The molecule has 6 nitrogen and oxygen atoms in total. The number of halogens is 3. The van der Waals surface area contributed by atoms with Crippen LogP contribution in [0.1, 0.15) is 10.7 Å². The monoisotopic (exact) mass is 264 g/mol. The molecule has 0 atom stereocenters. The van der Waals surface area contributed by atoms with Gasteiger partial charge in [0.25, 0.3) is 0 Å². The van der Waals surface area contributed by atoms with Crippen molar-refractivity contribution in [3.05, 3.63) is 16.9 Å². The van der Waals surface area contributed by atoms with Crippen LogP contribution in [0.2, 0.25) is 0 Å². The maximum atomic E-state index is 12.2. The van der Waals surface area contributed by atoms with Crippen LogP contribution in [-0.4, -0.2) is 25.2 Å². The van der Waals surface area contributed by atoms with Gasteiger partial charge >= 0.3 is 6.18 Å². The van der Waals surface area contributed by atoms with Crippen LogP contribution in [0, 0.1) is 0 Å². The lowest BCUT2D eigenvalue weighted by atomic mass is 10.5. The fourth-order valence-corrected chi connectivity index (χ4v) is 1.65. The summed E-state index contributed by atoms with van der Waals surface area (Å²) < 4.78 is 38.2. The van der Waals surface area contributed by atoms with Crippen molar-refractivity contribution >= 4 is 16.5 Å². The number of aryl methyl sites for hydroxylation is 1. The van der Waals surface area contributed by atoms with Crippen molar-refractivity contribution in [1.82, 2.24) is 25.2 Å². The third kappa shape index (κ3) is 2.70. The minimum absolute atomic E-state index is 0.110. The maximum Gasteiger partial charge on any atom is 0.445 e. The van der Waals surface area contributed by atoms with Crippen molar-refractivity contribution in [2.75, 3.05) is 5.32 Å². The number of rotatable bonds is 3. The van der Waals surface area contributed by atoms with Crippen molar-refractivity contribution in [3.63, 3.8) is 0 Å². The molecular formula is C7H7F3N6S. The van der Waals surface area contributed by atoms with Crippen molar-refractivity contribution < 1.29 is 13.2 Å². The predicted molar refractivity (Wildman–Crippen MR) is 53.2 cm³/mol. The molecule has 2 aromatic heterocycles. The van der Waals surface area contributed by atoms with Crippen molar-refractivity contribution in [2.45, 2.75) is 12.7 Å². The van der Waals surface area contributed by atoms with Gasteiger partial charge < -0.3 is 5.32 Å². The second-order valence-corrected chi connectivity index (χ2v) is 4.09. The van der Waals surface area contributed by atoms with Gasteiger partial charge in [-0.05, 0) is 0 Å². The molecule has 0 saturated heterocycles. The summed E-state index contributed by atoms with van der Waals surface area (Å²) in [7, 11) is 1.69. The van der Waals surface area contributed by atoms with E-state index in [1.807, 2.05) is 0 Å². The summed E-state index contributed by atoms with van der Waals surface area (Å²) in [5, 5.41) is 15.6. The molecule has 0 saturated carbocycles. The minimum atomic E-state index is -4.45. The first-order chi connectivity index (χ1) is 7.97. The van der Waals surface area contributed by atoms with E-state index in [0.717, 1.165) is 5.69 Å². The highest BCUT2D eigenvalue weighted by Crippen LogP contribution is 2.32. The molecule has 0 fully saturated rings. The number of hydrogen-bond acceptors (Lipinski definition) is 6. The molecule has 2 rings (SSSR count). The van der Waals surface area contributed by atoms with E-state index in [1.165, 1.54) is 10.9 Å². The van der Waals surface area contributed by atoms with E-state index in [2.05, 4.69) is 25.8 Å². The molecule has 92 valence electrons. The van der Waals surface area contributed by atoms with Gasteiger partial charge in [-0.25, -0.2) is 0 Å². The van der Waals surface area contributed by atoms with E-state index >= 15 is 0 Å². The Labute approximate surface area is 97.5 Å². The Bertz CT molecular complexity index is 504. The normalized spacial score (nSPS) is 11.8. The number of aromatic nitrogens is 5. The minimum Gasteiger partial charge on any atom is -0.354 e. The molecule has 0 aliphatic rings. The summed E-state index contributed by atoms with van der Waals surface area (Å²) >= 11 is 0.459. The predicted octanol–water partition coefficient (Wildman–Crippen LogP) is 1.30. The van der Waals surface area contributed by atoms with E-state index < -0.39 is 11.2 Å². The smallest absolute Gasteiger partial charge is 0.354 e. The van der Waals surface area contributed by atoms with E-state index in [-0.39, 0.29) is 11.7 Å². The molecule has 1 N–H and O–H groups in total. The zero-order valence-corrected chi connectivity index (χ0v) is 9.38. The standard InChI is InChI=1S/C7H7F3N6S/c1-16-4(3-12-15-16)2-11-6-14-13-5(17-6)7(8,9)10/h3H,2H2,1H3,(H,11,14). The lowest BCUT2D eigenvalue weighted by Crippen LogP contribution is -2.05. The molecule has 0 bridgehead atoms. The van der Waals surface area contributed by atoms with E-state index in [4.69, 9.17) is 0 Å². The largest absolute Gasteiger partial charge is 0.445 e. The average Bonchev–Trinajstić information content (AvgIpc) is 2.82. The Morgan fingerprint density at radius 2 is 2.18 bits per heavy atom. The SMILES string of the molecule is Cn1nncc1CNc1nnc(C(F)(F)F)s1. The van der Waals surface area contributed by atoms with E-state index in [9.17, 15) is 13.2 Å². The van der Waals surface area contributed by atoms with Gasteiger partial charge in [0.05, 0.1) is 18.4 Å². The van der Waals surface area contributed by atoms with Gasteiger partial charge in [0.15, 0.2) is 0 Å². The molecule has 0 amide bonds. The van der Waals surface area contributed by atoms with Crippen LogP contribution in [0.15, 0.2) is 6.20 Å². The Morgan fingerprint density at radius 1 is 1.41 bits per heavy atom. The van der Waals surface area contributed by atoms with Gasteiger partial charge in [-0.15, -0.1) is 15.3 Å². The second kappa shape index (κ2) is 4.28. The number of anilines is 1. The maximum absolute atomic E-state index is 12.2. The van der Waals surface area contributed by atoms with E-state index in [0.29, 0.717) is 11.3 Å². The average molecular weight is 264 g/mol. The molecule has 2 heterocycles. The number of alkyl halides is 3. The number of nitrogens with one attached hydrogen (secondary N) is 1. The molecule has 2 aromatic rings. The zero-order chi connectivity index (χ0) is 12.5. The molecule has 17 heavy (non-hydrogen) atoms. The Morgan fingerprint density at radius 3 is 2.71 bits per heavy atom. The van der Waals surface area contributed by atoms with Gasteiger partial charge in [-0.2, -0.15) is 13.2 Å². The van der Waals surface area contributed by atoms with Crippen LogP contribution >= 0.6 is 11.3 Å². The highest BCUT2D eigenvalue weighted by Gasteiger charge is 2.35. The van der Waals surface area contributed by atoms with Crippen LogP contribution in [0.4, 0.5) is 18.3 Å². The van der Waals surface area contributed by atoms with E-state index in [1.54, 1.807) is 7.05 Å². The van der Waals surface area contributed by atoms with Gasteiger partial charge in [0.2, 0.25) is 10.1 Å². The summed E-state index contributed by atoms with van der Waals surface area (Å²) in [5.41, 5.74) is 0.730. The molecule has 0 spiro atoms. The summed E-state index contributed by atoms with van der Waals surface area (Å²) in [5.74, 6) is 0. The fraction of sp³-hybridized carbons (Fsp3) is 0.429. The van der Waals surface area contributed by atoms with Crippen LogP contribution in [-0.2, 0) is 19.8 Å². The Hall–Kier alpha value is -1.71. The quantitative estimate of drug-likeness (QED) is 0.904. The first-order valence-corrected chi connectivity index (χ1v) is 5.26. The number of hydrogen-bond donors (Lipinski definition) is 1. The summed E-state index contributed by atoms with van der Waals surface area (Å²) in [6.07, 6.45) is -2.94. The Balaban J connectivity index is 2.01. The second-order valence-electron chi connectivity index (χ2n) is 3.11. The van der Waals surface area contributed by atoms with Crippen LogP contribution in [0.5, 0.6) is 0 Å². The van der Waals surface area contributed by atoms with Crippen LogP contribution in [0.3, 0.4) is 0 Å². The molecule has 0 aromatic carbocycles. The molecular weight excluding hydrogens is 257 g/mol. The van der Waals surface area contributed by atoms with Gasteiger partial charge in [0.1, 0.15) is 0 Å². The molecule has 0 radical (unpaired) electrons. The Kier molecular flexibility index (Phi) is 2.96. The summed E-state index contributed by atoms with van der Waals surface area (Å²) in [4.78, 5) is 0. The van der Waals surface area contributed by atoms with Gasteiger partial charge in [-0.3, -0.25) is 4.68 Å². The lowest BCUT2D eigenvalue weighted by Gasteiger charge is -2.01. The highest BCUT2D eigenvalue weighted by molar-refractivity contribution is 7.15. The number of nitrogens with zero attached hydrogens (tertiary/aromatic N) is 5. The summed E-state index contributed by atoms with van der Waals surface area (Å²) in [6, 6.07) is 0. The van der Waals surface area contributed by atoms with Gasteiger partial charge in [0, 0.05) is 7.05 Å².